The maximum absolute atomic E-state index is 14.7. The number of hydrogen-bond donors (Lipinski definition) is 0. The van der Waals surface area contributed by atoms with Crippen molar-refractivity contribution in [2.45, 2.75) is 12.5 Å². The standard InChI is InChI=1S/C27H28FN3O6/c1-34-14-12-30(27(33)25-9-6-13-37-25)17-26(32)31-23(20-15-18(35-2)10-11-24(20)36-3)16-22(29-31)19-7-4-5-8-21(19)28/h4-11,13,15,23H,12,14,16-17H2,1-3H3/t23-/m0/s1. The molecule has 0 unspecified atom stereocenters. The number of furan rings is 1. The van der Waals surface area contributed by atoms with Gasteiger partial charge in [-0.2, -0.15) is 5.10 Å². The Kier molecular flexibility index (Phi) is 8.19. The highest BCUT2D eigenvalue weighted by atomic mass is 19.1. The number of rotatable bonds is 10. The number of ether oxygens (including phenoxy) is 3. The van der Waals surface area contributed by atoms with E-state index in [2.05, 4.69) is 5.10 Å². The van der Waals surface area contributed by atoms with Crippen LogP contribution in [-0.4, -0.2) is 68.5 Å². The molecule has 2 amide bonds. The quantitative estimate of drug-likeness (QED) is 0.412. The predicted molar refractivity (Wildman–Crippen MR) is 133 cm³/mol. The summed E-state index contributed by atoms with van der Waals surface area (Å²) in [5.41, 5.74) is 1.35. The molecule has 0 bridgehead atoms. The monoisotopic (exact) mass is 509 g/mol. The molecule has 0 spiro atoms. The summed E-state index contributed by atoms with van der Waals surface area (Å²) in [7, 11) is 4.58. The van der Waals surface area contributed by atoms with E-state index in [-0.39, 0.29) is 31.9 Å². The minimum absolute atomic E-state index is 0.104. The van der Waals surface area contributed by atoms with Crippen LogP contribution in [0.4, 0.5) is 4.39 Å². The van der Waals surface area contributed by atoms with E-state index in [1.54, 1.807) is 49.6 Å². The number of benzene rings is 2. The number of carbonyl (C=O) groups is 2. The summed E-state index contributed by atoms with van der Waals surface area (Å²) in [5, 5.41) is 5.82. The van der Waals surface area contributed by atoms with Crippen LogP contribution in [-0.2, 0) is 9.53 Å². The van der Waals surface area contributed by atoms with Gasteiger partial charge in [0.1, 0.15) is 23.9 Å². The van der Waals surface area contributed by atoms with Gasteiger partial charge in [-0.25, -0.2) is 9.40 Å². The third-order valence-corrected chi connectivity index (χ3v) is 6.06. The first kappa shape index (κ1) is 25.9. The van der Waals surface area contributed by atoms with Crippen LogP contribution in [0.15, 0.2) is 70.4 Å². The first-order chi connectivity index (χ1) is 18.0. The van der Waals surface area contributed by atoms with Gasteiger partial charge >= 0.3 is 0 Å². The lowest BCUT2D eigenvalue weighted by Gasteiger charge is -2.27. The molecule has 1 aliphatic heterocycles. The zero-order chi connectivity index (χ0) is 26.4. The van der Waals surface area contributed by atoms with Gasteiger partial charge in [0.25, 0.3) is 11.8 Å². The molecule has 37 heavy (non-hydrogen) atoms. The fourth-order valence-electron chi connectivity index (χ4n) is 4.19. The van der Waals surface area contributed by atoms with Gasteiger partial charge in [0.05, 0.1) is 38.8 Å². The van der Waals surface area contributed by atoms with Crippen LogP contribution in [0.5, 0.6) is 11.5 Å². The minimum atomic E-state index is -0.616. The Morgan fingerprint density at radius 3 is 2.59 bits per heavy atom. The van der Waals surface area contributed by atoms with Crippen LogP contribution in [0.25, 0.3) is 0 Å². The largest absolute Gasteiger partial charge is 0.497 e. The molecule has 1 atom stereocenters. The molecule has 0 saturated heterocycles. The molecule has 10 heteroatoms. The first-order valence-corrected chi connectivity index (χ1v) is 11.6. The van der Waals surface area contributed by atoms with Crippen molar-refractivity contribution in [2.75, 3.05) is 41.0 Å². The molecule has 0 aliphatic carbocycles. The molecule has 9 nitrogen and oxygen atoms in total. The second-order valence-electron chi connectivity index (χ2n) is 8.29. The summed E-state index contributed by atoms with van der Waals surface area (Å²) in [5.74, 6) is -0.164. The summed E-state index contributed by atoms with van der Waals surface area (Å²) >= 11 is 0. The van der Waals surface area contributed by atoms with E-state index in [9.17, 15) is 14.0 Å². The molecule has 1 aromatic heterocycles. The molecular formula is C27H28FN3O6. The molecule has 0 N–H and O–H groups in total. The van der Waals surface area contributed by atoms with E-state index in [4.69, 9.17) is 18.6 Å². The van der Waals surface area contributed by atoms with Gasteiger partial charge in [-0.3, -0.25) is 9.59 Å². The van der Waals surface area contributed by atoms with E-state index in [1.807, 2.05) is 0 Å². The highest BCUT2D eigenvalue weighted by Gasteiger charge is 2.37. The summed E-state index contributed by atoms with van der Waals surface area (Å²) in [6, 6.07) is 14.0. The number of hydrogen-bond acceptors (Lipinski definition) is 7. The summed E-state index contributed by atoms with van der Waals surface area (Å²) < 4.78 is 36.0. The zero-order valence-corrected chi connectivity index (χ0v) is 20.8. The van der Waals surface area contributed by atoms with E-state index >= 15 is 0 Å². The third-order valence-electron chi connectivity index (χ3n) is 6.06. The average Bonchev–Trinajstić information content (AvgIpc) is 3.61. The third kappa shape index (κ3) is 5.64. The molecule has 4 rings (SSSR count). The van der Waals surface area contributed by atoms with Crippen LogP contribution in [0.2, 0.25) is 0 Å². The predicted octanol–water partition coefficient (Wildman–Crippen LogP) is 3.90. The molecule has 2 heterocycles. The molecule has 3 aromatic rings. The van der Waals surface area contributed by atoms with Crippen molar-refractivity contribution < 1.29 is 32.6 Å². The summed E-state index contributed by atoms with van der Waals surface area (Å²) in [4.78, 5) is 28.0. The molecule has 0 saturated carbocycles. The summed E-state index contributed by atoms with van der Waals surface area (Å²) in [6.07, 6.45) is 1.63. The van der Waals surface area contributed by atoms with Crippen molar-refractivity contribution in [3.8, 4) is 11.5 Å². The Morgan fingerprint density at radius 1 is 1.11 bits per heavy atom. The van der Waals surface area contributed by atoms with Crippen LogP contribution in [0, 0.1) is 5.82 Å². The fourth-order valence-corrected chi connectivity index (χ4v) is 4.19. The van der Waals surface area contributed by atoms with Crippen molar-refractivity contribution >= 4 is 17.5 Å². The SMILES string of the molecule is COCCN(CC(=O)N1N=C(c2ccccc2F)C[C@H]1c1cc(OC)ccc1OC)C(=O)c1ccco1. The fraction of sp³-hybridized carbons (Fsp3) is 0.296. The Hall–Kier alpha value is -4.18. The average molecular weight is 510 g/mol. The zero-order valence-electron chi connectivity index (χ0n) is 20.8. The second-order valence-corrected chi connectivity index (χ2v) is 8.29. The smallest absolute Gasteiger partial charge is 0.290 e. The van der Waals surface area contributed by atoms with E-state index in [1.165, 1.54) is 42.5 Å². The number of hydrazone groups is 1. The van der Waals surface area contributed by atoms with Crippen LogP contribution in [0.3, 0.4) is 0 Å². The normalized spacial score (nSPS) is 14.9. The van der Waals surface area contributed by atoms with Gasteiger partial charge in [-0.1, -0.05) is 18.2 Å². The van der Waals surface area contributed by atoms with E-state index < -0.39 is 23.7 Å². The maximum atomic E-state index is 14.7. The number of nitrogens with zero attached hydrogens (tertiary/aromatic N) is 3. The van der Waals surface area contributed by atoms with Crippen molar-refractivity contribution in [3.05, 3.63) is 83.6 Å². The van der Waals surface area contributed by atoms with Crippen molar-refractivity contribution in [1.29, 1.82) is 0 Å². The Balaban J connectivity index is 1.70. The Labute approximate surface area is 214 Å². The van der Waals surface area contributed by atoms with Crippen LogP contribution in [0.1, 0.15) is 34.1 Å². The van der Waals surface area contributed by atoms with Gasteiger partial charge in [0.15, 0.2) is 5.76 Å². The number of halogens is 1. The lowest BCUT2D eigenvalue weighted by molar-refractivity contribution is -0.133. The van der Waals surface area contributed by atoms with Crippen molar-refractivity contribution in [2.24, 2.45) is 5.10 Å². The van der Waals surface area contributed by atoms with E-state index in [0.29, 0.717) is 28.3 Å². The number of carbonyl (C=O) groups excluding carboxylic acids is 2. The highest BCUT2D eigenvalue weighted by Crippen LogP contribution is 2.39. The van der Waals surface area contributed by atoms with Gasteiger partial charge < -0.3 is 23.5 Å². The topological polar surface area (TPSA) is 93.8 Å². The van der Waals surface area contributed by atoms with Gasteiger partial charge in [0.2, 0.25) is 0 Å². The van der Waals surface area contributed by atoms with Crippen LogP contribution >= 0.6 is 0 Å². The highest BCUT2D eigenvalue weighted by molar-refractivity contribution is 6.04. The van der Waals surface area contributed by atoms with Crippen LogP contribution < -0.4 is 9.47 Å². The maximum Gasteiger partial charge on any atom is 0.290 e. The number of methoxy groups -OCH3 is 3. The Bertz CT molecular complexity index is 1280. The van der Waals surface area contributed by atoms with Gasteiger partial charge in [0, 0.05) is 31.2 Å². The molecular weight excluding hydrogens is 481 g/mol. The van der Waals surface area contributed by atoms with Crippen molar-refractivity contribution in [1.82, 2.24) is 9.91 Å². The van der Waals surface area contributed by atoms with Crippen molar-refractivity contribution in [3.63, 3.8) is 0 Å². The first-order valence-electron chi connectivity index (χ1n) is 11.6. The molecule has 0 fully saturated rings. The van der Waals surface area contributed by atoms with E-state index in [0.717, 1.165) is 0 Å². The summed E-state index contributed by atoms with van der Waals surface area (Å²) in [6.45, 7) is 0.0863. The lowest BCUT2D eigenvalue weighted by atomic mass is 9.97. The minimum Gasteiger partial charge on any atom is -0.497 e. The molecule has 194 valence electrons. The molecule has 1 aliphatic rings. The second kappa shape index (κ2) is 11.7. The van der Waals surface area contributed by atoms with Gasteiger partial charge in [-0.15, -0.1) is 0 Å². The molecule has 0 radical (unpaired) electrons. The number of amides is 2. The Morgan fingerprint density at radius 2 is 1.92 bits per heavy atom. The lowest BCUT2D eigenvalue weighted by Crippen LogP contribution is -2.42. The molecule has 2 aromatic carbocycles. The van der Waals surface area contributed by atoms with Gasteiger partial charge in [-0.05, 0) is 36.4 Å².